The molecule has 0 radical (unpaired) electrons. The number of nitrogens with zero attached hydrogens (tertiary/aromatic N) is 1. The highest BCUT2D eigenvalue weighted by Gasteiger charge is 2.54. The largest absolute Gasteiger partial charge is 0.379 e. The highest BCUT2D eigenvalue weighted by atomic mass is 19.1. The minimum atomic E-state index is -0.625. The summed E-state index contributed by atoms with van der Waals surface area (Å²) in [5, 5.41) is 1.78. The number of fused-ring (bicyclic) bond motifs is 1. The van der Waals surface area contributed by atoms with E-state index in [9.17, 15) is 4.39 Å². The maximum absolute atomic E-state index is 14.6. The van der Waals surface area contributed by atoms with Gasteiger partial charge in [-0.3, -0.25) is 4.84 Å². The lowest BCUT2D eigenvalue weighted by Gasteiger charge is -2.42. The predicted octanol–water partition coefficient (Wildman–Crippen LogP) is 3.48. The lowest BCUT2D eigenvalue weighted by molar-refractivity contribution is -0.237. The van der Waals surface area contributed by atoms with Crippen LogP contribution in [-0.4, -0.2) is 31.6 Å². The van der Waals surface area contributed by atoms with Crippen molar-refractivity contribution in [2.45, 2.75) is 18.6 Å². The molecule has 2 fully saturated rings. The summed E-state index contributed by atoms with van der Waals surface area (Å²) in [6, 6.07) is 16.9. The van der Waals surface area contributed by atoms with E-state index in [4.69, 9.17) is 14.3 Å². The lowest BCUT2D eigenvalue weighted by Crippen LogP contribution is -2.52. The number of hydrogen-bond acceptors (Lipinski definition) is 4. The van der Waals surface area contributed by atoms with Gasteiger partial charge in [-0.25, -0.2) is 4.39 Å². The first-order valence-electron chi connectivity index (χ1n) is 8.66. The zero-order valence-corrected chi connectivity index (χ0v) is 14.1. The molecule has 25 heavy (non-hydrogen) atoms. The third-order valence-corrected chi connectivity index (χ3v) is 5.15. The van der Waals surface area contributed by atoms with Crippen LogP contribution in [0.4, 0.5) is 4.39 Å². The van der Waals surface area contributed by atoms with Crippen LogP contribution in [0.2, 0.25) is 0 Å². The molecule has 132 valence electrons. The minimum absolute atomic E-state index is 0.193. The summed E-state index contributed by atoms with van der Waals surface area (Å²) in [7, 11) is 0. The van der Waals surface area contributed by atoms with Crippen LogP contribution in [0.1, 0.15) is 17.5 Å². The Morgan fingerprint density at radius 2 is 1.92 bits per heavy atom. The Hall–Kier alpha value is -1.79. The minimum Gasteiger partial charge on any atom is -0.379 e. The van der Waals surface area contributed by atoms with Crippen LogP contribution in [0.3, 0.4) is 0 Å². The third-order valence-electron chi connectivity index (χ3n) is 5.15. The fourth-order valence-electron chi connectivity index (χ4n) is 3.82. The molecule has 5 heteroatoms. The number of ether oxygens (including phenoxy) is 2. The molecular formula is C20H22FNO3. The summed E-state index contributed by atoms with van der Waals surface area (Å²) in [4.78, 5) is 5.91. The van der Waals surface area contributed by atoms with Gasteiger partial charge in [0.1, 0.15) is 18.1 Å². The van der Waals surface area contributed by atoms with E-state index in [1.54, 1.807) is 11.1 Å². The zero-order chi connectivity index (χ0) is 17.1. The van der Waals surface area contributed by atoms with E-state index >= 15 is 0 Å². The monoisotopic (exact) mass is 343 g/mol. The average Bonchev–Trinajstić information content (AvgIpc) is 3.03. The second kappa shape index (κ2) is 7.22. The maximum atomic E-state index is 14.6. The van der Waals surface area contributed by atoms with Crippen molar-refractivity contribution in [1.82, 2.24) is 5.06 Å². The molecule has 0 saturated carbocycles. The van der Waals surface area contributed by atoms with E-state index in [1.807, 2.05) is 42.5 Å². The first-order chi connectivity index (χ1) is 12.3. The number of hydroxylamine groups is 2. The molecule has 2 heterocycles. The van der Waals surface area contributed by atoms with Crippen molar-refractivity contribution in [2.75, 3.05) is 26.6 Å². The molecule has 2 aliphatic rings. The molecule has 2 aliphatic heterocycles. The average molecular weight is 343 g/mol. The summed E-state index contributed by atoms with van der Waals surface area (Å²) in [6.45, 7) is 2.41. The van der Waals surface area contributed by atoms with Crippen molar-refractivity contribution < 1.29 is 18.7 Å². The molecular weight excluding hydrogens is 321 g/mol. The highest BCUT2D eigenvalue weighted by Crippen LogP contribution is 2.46. The molecule has 2 unspecified atom stereocenters. The molecule has 0 bridgehead atoms. The summed E-state index contributed by atoms with van der Waals surface area (Å²) in [5.41, 5.74) is 1.10. The molecule has 2 aromatic rings. The molecule has 0 aliphatic carbocycles. The van der Waals surface area contributed by atoms with Crippen molar-refractivity contribution >= 4 is 0 Å². The fourth-order valence-corrected chi connectivity index (χ4v) is 3.82. The van der Waals surface area contributed by atoms with Gasteiger partial charge in [0.2, 0.25) is 0 Å². The Kier molecular flexibility index (Phi) is 4.81. The van der Waals surface area contributed by atoms with E-state index < -0.39 is 5.54 Å². The van der Waals surface area contributed by atoms with E-state index in [2.05, 4.69) is 0 Å². The van der Waals surface area contributed by atoms with E-state index in [0.29, 0.717) is 32.0 Å². The molecule has 0 aromatic heterocycles. The first-order valence-corrected chi connectivity index (χ1v) is 8.66. The highest BCUT2D eigenvalue weighted by molar-refractivity contribution is 5.29. The van der Waals surface area contributed by atoms with Crippen LogP contribution in [0, 0.1) is 11.7 Å². The van der Waals surface area contributed by atoms with Crippen LogP contribution in [0.25, 0.3) is 0 Å². The molecule has 4 rings (SSSR count). The number of halogens is 1. The van der Waals surface area contributed by atoms with Gasteiger partial charge in [-0.05, 0) is 18.1 Å². The summed E-state index contributed by atoms with van der Waals surface area (Å²) < 4.78 is 26.2. The summed E-state index contributed by atoms with van der Waals surface area (Å²) >= 11 is 0. The van der Waals surface area contributed by atoms with Crippen LogP contribution < -0.4 is 0 Å². The Labute approximate surface area is 147 Å². The Balaban J connectivity index is 1.55. The molecule has 0 spiro atoms. The van der Waals surface area contributed by atoms with Gasteiger partial charge in [0.25, 0.3) is 0 Å². The van der Waals surface area contributed by atoms with Gasteiger partial charge in [0.15, 0.2) is 0 Å². The quantitative estimate of drug-likeness (QED) is 0.832. The molecule has 0 N–H and O–H groups in total. The lowest BCUT2D eigenvalue weighted by atomic mass is 9.76. The number of hydrogen-bond donors (Lipinski definition) is 0. The smallest absolute Gasteiger partial charge is 0.128 e. The third kappa shape index (κ3) is 3.09. The van der Waals surface area contributed by atoms with E-state index in [1.165, 1.54) is 6.07 Å². The van der Waals surface area contributed by atoms with Crippen molar-refractivity contribution in [3.05, 3.63) is 71.5 Å². The van der Waals surface area contributed by atoms with E-state index in [0.717, 1.165) is 12.0 Å². The van der Waals surface area contributed by atoms with Crippen LogP contribution in [0.5, 0.6) is 0 Å². The van der Waals surface area contributed by atoms with Gasteiger partial charge in [0, 0.05) is 18.1 Å². The van der Waals surface area contributed by atoms with Crippen molar-refractivity contribution in [3.63, 3.8) is 0 Å². The topological polar surface area (TPSA) is 30.9 Å². The Morgan fingerprint density at radius 3 is 2.76 bits per heavy atom. The predicted molar refractivity (Wildman–Crippen MR) is 90.9 cm³/mol. The molecule has 2 atom stereocenters. The van der Waals surface area contributed by atoms with Crippen LogP contribution in [0.15, 0.2) is 54.6 Å². The van der Waals surface area contributed by atoms with E-state index in [-0.39, 0.29) is 18.5 Å². The number of benzene rings is 2. The zero-order valence-electron chi connectivity index (χ0n) is 14.1. The van der Waals surface area contributed by atoms with Gasteiger partial charge >= 0.3 is 0 Å². The van der Waals surface area contributed by atoms with Crippen LogP contribution in [-0.2, 0) is 26.5 Å². The molecule has 0 amide bonds. The first kappa shape index (κ1) is 16.7. The maximum Gasteiger partial charge on any atom is 0.128 e. The van der Waals surface area contributed by atoms with Gasteiger partial charge in [-0.1, -0.05) is 48.5 Å². The molecule has 2 saturated heterocycles. The number of rotatable bonds is 5. The second-order valence-corrected chi connectivity index (χ2v) is 6.58. The standard InChI is InChI=1S/C20H22FNO3/c21-19-9-5-4-8-18(19)20-14-23-11-10-17(20)13-25-22(20)15-24-12-16-6-2-1-3-7-16/h1-9,17H,10-15H2. The van der Waals surface area contributed by atoms with Gasteiger partial charge < -0.3 is 9.47 Å². The van der Waals surface area contributed by atoms with Crippen molar-refractivity contribution in [1.29, 1.82) is 0 Å². The van der Waals surface area contributed by atoms with Crippen molar-refractivity contribution in [2.24, 2.45) is 5.92 Å². The van der Waals surface area contributed by atoms with Crippen LogP contribution >= 0.6 is 0 Å². The fraction of sp³-hybridized carbons (Fsp3) is 0.400. The molecule has 4 nitrogen and oxygen atoms in total. The second-order valence-electron chi connectivity index (χ2n) is 6.58. The van der Waals surface area contributed by atoms with Gasteiger partial charge in [0.05, 0.1) is 19.8 Å². The molecule has 2 aromatic carbocycles. The summed E-state index contributed by atoms with van der Waals surface area (Å²) in [5.74, 6) is -0.0324. The van der Waals surface area contributed by atoms with Gasteiger partial charge in [-0.15, -0.1) is 0 Å². The SMILES string of the molecule is Fc1ccccc1C12COCCC1CON2COCc1ccccc1. The Bertz CT molecular complexity index is 711. The normalized spacial score (nSPS) is 26.5. The Morgan fingerprint density at radius 1 is 1.12 bits per heavy atom. The van der Waals surface area contributed by atoms with Crippen molar-refractivity contribution in [3.8, 4) is 0 Å². The van der Waals surface area contributed by atoms with Gasteiger partial charge in [-0.2, -0.15) is 5.06 Å². The summed E-state index contributed by atoms with van der Waals surface area (Å²) in [6.07, 6.45) is 0.851.